The van der Waals surface area contributed by atoms with Gasteiger partial charge < -0.3 is 29.7 Å². The van der Waals surface area contributed by atoms with Crippen molar-refractivity contribution in [1.29, 1.82) is 0 Å². The molecule has 3 aromatic carbocycles. The molecule has 1 heterocycles. The highest BCUT2D eigenvalue weighted by molar-refractivity contribution is 6.08. The predicted molar refractivity (Wildman–Crippen MR) is 156 cm³/mol. The van der Waals surface area contributed by atoms with Gasteiger partial charge in [-0.2, -0.15) is 4.98 Å². The number of nitrogens with zero attached hydrogens (tertiary/aromatic N) is 3. The van der Waals surface area contributed by atoms with Gasteiger partial charge in [0.2, 0.25) is 11.8 Å². The van der Waals surface area contributed by atoms with Gasteiger partial charge in [-0.05, 0) is 35.2 Å². The molecule has 0 aliphatic carbocycles. The Morgan fingerprint density at radius 3 is 2.36 bits per heavy atom. The molecule has 0 radical (unpaired) electrons. The van der Waals surface area contributed by atoms with E-state index in [1.807, 2.05) is 66.5 Å². The molecule has 9 heteroatoms. The highest BCUT2D eigenvalue weighted by atomic mass is 16.5. The van der Waals surface area contributed by atoms with E-state index in [4.69, 9.17) is 14.2 Å². The van der Waals surface area contributed by atoms with Gasteiger partial charge in [0.25, 0.3) is 0 Å². The lowest BCUT2D eigenvalue weighted by molar-refractivity contribution is 0.206. The molecule has 0 saturated carbocycles. The highest BCUT2D eigenvalue weighted by Crippen LogP contribution is 2.35. The number of amides is 2. The van der Waals surface area contributed by atoms with E-state index in [9.17, 15) is 4.79 Å². The van der Waals surface area contributed by atoms with Crippen molar-refractivity contribution in [1.82, 2.24) is 9.97 Å². The molecular weight excluding hydrogens is 494 g/mol. The fourth-order valence-electron chi connectivity index (χ4n) is 4.03. The second-order valence-corrected chi connectivity index (χ2v) is 10.1. The van der Waals surface area contributed by atoms with Gasteiger partial charge in [-0.3, -0.25) is 0 Å². The van der Waals surface area contributed by atoms with Crippen LogP contribution in [-0.2, 0) is 10.2 Å². The van der Waals surface area contributed by atoms with Crippen LogP contribution in [0.4, 0.5) is 22.1 Å². The average molecular weight is 530 g/mol. The van der Waals surface area contributed by atoms with Crippen LogP contribution in [-0.4, -0.2) is 50.4 Å². The van der Waals surface area contributed by atoms with E-state index < -0.39 is 0 Å². The fraction of sp³-hybridized carbons (Fsp3) is 0.300. The van der Waals surface area contributed by atoms with Crippen molar-refractivity contribution < 1.29 is 19.0 Å². The molecule has 0 aliphatic rings. The van der Waals surface area contributed by atoms with E-state index >= 15 is 0 Å². The summed E-state index contributed by atoms with van der Waals surface area (Å²) in [7, 11) is 5.14. The maximum absolute atomic E-state index is 13.1. The Kier molecular flexibility index (Phi) is 8.51. The smallest absolute Gasteiger partial charge is 0.323 e. The third-order valence-electron chi connectivity index (χ3n) is 6.25. The summed E-state index contributed by atoms with van der Waals surface area (Å²) in [6, 6.07) is 18.5. The van der Waals surface area contributed by atoms with Crippen LogP contribution in [0.15, 0.2) is 66.9 Å². The van der Waals surface area contributed by atoms with Gasteiger partial charge in [-0.15, -0.1) is 0 Å². The number of carbonyl (C=O) groups excluding carboxylic acids is 1. The first-order valence-corrected chi connectivity index (χ1v) is 12.7. The summed E-state index contributed by atoms with van der Waals surface area (Å²) in [5.41, 5.74) is 2.25. The number of carbonyl (C=O) groups is 1. The molecule has 204 valence electrons. The number of fused-ring (bicyclic) bond motifs is 1. The van der Waals surface area contributed by atoms with Crippen molar-refractivity contribution in [3.05, 3.63) is 72.4 Å². The topological polar surface area (TPSA) is 97.8 Å². The maximum Gasteiger partial charge on any atom is 0.323 e. The van der Waals surface area contributed by atoms with Crippen LogP contribution in [0, 0.1) is 0 Å². The molecule has 0 aliphatic heterocycles. The molecule has 0 saturated heterocycles. The van der Waals surface area contributed by atoms with Crippen molar-refractivity contribution in [2.75, 3.05) is 50.0 Å². The van der Waals surface area contributed by atoms with Crippen molar-refractivity contribution in [3.63, 3.8) is 0 Å². The van der Waals surface area contributed by atoms with Gasteiger partial charge in [0.05, 0.1) is 25.1 Å². The third-order valence-corrected chi connectivity index (χ3v) is 6.25. The predicted octanol–water partition coefficient (Wildman–Crippen LogP) is 6.45. The first kappa shape index (κ1) is 27.7. The molecule has 0 unspecified atom stereocenters. The summed E-state index contributed by atoms with van der Waals surface area (Å²) in [6.45, 7) is 7.58. The van der Waals surface area contributed by atoms with E-state index in [0.717, 1.165) is 16.3 Å². The van der Waals surface area contributed by atoms with Crippen LogP contribution in [0.1, 0.15) is 26.3 Å². The van der Waals surface area contributed by atoms with Gasteiger partial charge in [0, 0.05) is 43.7 Å². The zero-order valence-corrected chi connectivity index (χ0v) is 23.2. The van der Waals surface area contributed by atoms with E-state index in [0.29, 0.717) is 47.9 Å². The Hall–Kier alpha value is -4.37. The highest BCUT2D eigenvalue weighted by Gasteiger charge is 2.18. The third kappa shape index (κ3) is 6.74. The van der Waals surface area contributed by atoms with Crippen LogP contribution < -0.4 is 25.0 Å². The van der Waals surface area contributed by atoms with Gasteiger partial charge in [-0.25, -0.2) is 9.78 Å². The second kappa shape index (κ2) is 12.0. The lowest BCUT2D eigenvalue weighted by Gasteiger charge is -2.21. The van der Waals surface area contributed by atoms with Crippen molar-refractivity contribution in [2.45, 2.75) is 26.2 Å². The summed E-state index contributed by atoms with van der Waals surface area (Å²) >= 11 is 0. The van der Waals surface area contributed by atoms with Crippen molar-refractivity contribution in [3.8, 4) is 17.4 Å². The molecule has 9 nitrogen and oxygen atoms in total. The van der Waals surface area contributed by atoms with E-state index in [2.05, 4.69) is 41.4 Å². The minimum absolute atomic E-state index is 0.0744. The molecule has 0 bridgehead atoms. The van der Waals surface area contributed by atoms with Crippen LogP contribution >= 0.6 is 0 Å². The summed E-state index contributed by atoms with van der Waals surface area (Å²) < 4.78 is 16.8. The second-order valence-electron chi connectivity index (χ2n) is 10.1. The Labute approximate surface area is 229 Å². The number of rotatable bonds is 9. The quantitative estimate of drug-likeness (QED) is 0.257. The number of benzene rings is 3. The van der Waals surface area contributed by atoms with E-state index in [1.54, 1.807) is 26.5 Å². The molecule has 39 heavy (non-hydrogen) atoms. The van der Waals surface area contributed by atoms with Crippen molar-refractivity contribution >= 4 is 34.1 Å². The lowest BCUT2D eigenvalue weighted by atomic mass is 9.87. The van der Waals surface area contributed by atoms with E-state index in [-0.39, 0.29) is 11.4 Å². The number of aromatic nitrogens is 2. The lowest BCUT2D eigenvalue weighted by Crippen LogP contribution is -2.24. The zero-order chi connectivity index (χ0) is 28.0. The first-order chi connectivity index (χ1) is 18.7. The molecular formula is C30H35N5O4. The largest absolute Gasteiger partial charge is 0.495 e. The number of ether oxygens (including phenoxy) is 3. The Morgan fingerprint density at radius 1 is 0.923 bits per heavy atom. The maximum atomic E-state index is 13.1. The Balaban J connectivity index is 1.56. The molecule has 0 fully saturated rings. The fourth-order valence-corrected chi connectivity index (χ4v) is 4.03. The molecule has 2 amide bonds. The number of likely N-dealkylation sites (N-methyl/N-ethyl adjacent to an activating group) is 1. The number of methoxy groups -OCH3 is 2. The molecule has 0 atom stereocenters. The van der Waals surface area contributed by atoms with Crippen LogP contribution in [0.3, 0.4) is 0 Å². The van der Waals surface area contributed by atoms with Gasteiger partial charge >= 0.3 is 6.03 Å². The number of hydrogen-bond acceptors (Lipinski definition) is 7. The molecule has 4 rings (SSSR count). The molecule has 4 aromatic rings. The van der Waals surface area contributed by atoms with Crippen molar-refractivity contribution in [2.24, 2.45) is 0 Å². The van der Waals surface area contributed by atoms with Crippen LogP contribution in [0.5, 0.6) is 17.4 Å². The summed E-state index contributed by atoms with van der Waals surface area (Å²) in [4.78, 5) is 23.8. The molecule has 2 N–H and O–H groups in total. The summed E-state index contributed by atoms with van der Waals surface area (Å²) in [5, 5.41) is 7.56. The number of urea groups is 1. The Bertz CT molecular complexity index is 1450. The van der Waals surface area contributed by atoms with Crippen LogP contribution in [0.25, 0.3) is 10.8 Å². The standard InChI is InChI=1S/C30H35N5O4/c1-30(2,3)20-11-13-26(38-6)24(19-20)33-29(36)32-23-12-14-25(22-10-8-7-9-21(22)23)39-27-15-16-31-28(34-27)35(4)17-18-37-5/h7-16,19H,17-18H2,1-6H3,(H2,32,33,36). The number of anilines is 3. The minimum Gasteiger partial charge on any atom is -0.495 e. The van der Waals surface area contributed by atoms with Gasteiger partial charge in [-0.1, -0.05) is 51.1 Å². The number of nitrogens with one attached hydrogen (secondary N) is 2. The molecule has 1 aromatic heterocycles. The minimum atomic E-state index is -0.377. The summed E-state index contributed by atoms with van der Waals surface area (Å²) in [5.74, 6) is 2.15. The van der Waals surface area contributed by atoms with Gasteiger partial charge in [0.15, 0.2) is 0 Å². The average Bonchev–Trinajstić information content (AvgIpc) is 2.92. The van der Waals surface area contributed by atoms with E-state index in [1.165, 1.54) is 0 Å². The Morgan fingerprint density at radius 2 is 1.64 bits per heavy atom. The monoisotopic (exact) mass is 529 g/mol. The first-order valence-electron chi connectivity index (χ1n) is 12.7. The molecule has 0 spiro atoms. The normalized spacial score (nSPS) is 11.2. The zero-order valence-electron chi connectivity index (χ0n) is 23.2. The summed E-state index contributed by atoms with van der Waals surface area (Å²) in [6.07, 6.45) is 1.66. The number of hydrogen-bond donors (Lipinski definition) is 2. The van der Waals surface area contributed by atoms with Crippen LogP contribution in [0.2, 0.25) is 0 Å². The van der Waals surface area contributed by atoms with Gasteiger partial charge in [0.1, 0.15) is 11.5 Å². The SMILES string of the molecule is COCCN(C)c1nccc(Oc2ccc(NC(=O)Nc3cc(C(C)(C)C)ccc3OC)c3ccccc23)n1.